The first-order chi connectivity index (χ1) is 16.3. The summed E-state index contributed by atoms with van der Waals surface area (Å²) in [5.74, 6) is -1.41. The molecule has 35 heavy (non-hydrogen) atoms. The number of rotatable bonds is 4. The lowest BCUT2D eigenvalue weighted by Gasteiger charge is -2.33. The fraction of sp³-hybridized carbons (Fsp3) is 0.238. The summed E-state index contributed by atoms with van der Waals surface area (Å²) < 4.78 is 82.8. The summed E-state index contributed by atoms with van der Waals surface area (Å²) in [4.78, 5) is 12.6. The SMILES string of the molecule is O=C(Nc1ccc(OC(F)(F)F)cc1)c1cc2n(n1)[C@H](C(F)(F)F)C[C@H](c1ccc(Cl)c(Cl)c1)N2. The predicted molar refractivity (Wildman–Crippen MR) is 116 cm³/mol. The van der Waals surface area contributed by atoms with E-state index in [-0.39, 0.29) is 27.2 Å². The van der Waals surface area contributed by atoms with Gasteiger partial charge in [-0.3, -0.25) is 4.79 Å². The van der Waals surface area contributed by atoms with Crippen molar-refractivity contribution in [3.05, 3.63) is 69.8 Å². The Morgan fingerprint density at radius 3 is 2.31 bits per heavy atom. The predicted octanol–water partition coefficient (Wildman–Crippen LogP) is 7.00. The summed E-state index contributed by atoms with van der Waals surface area (Å²) in [5.41, 5.74) is 0.227. The molecule has 2 atom stereocenters. The van der Waals surface area contributed by atoms with Gasteiger partial charge in [-0.15, -0.1) is 13.2 Å². The van der Waals surface area contributed by atoms with E-state index < -0.39 is 42.7 Å². The molecule has 3 aromatic rings. The van der Waals surface area contributed by atoms with Crippen LogP contribution in [0.25, 0.3) is 0 Å². The van der Waals surface area contributed by atoms with E-state index in [4.69, 9.17) is 23.2 Å². The monoisotopic (exact) mass is 538 g/mol. The van der Waals surface area contributed by atoms with E-state index in [1.807, 2.05) is 0 Å². The summed E-state index contributed by atoms with van der Waals surface area (Å²) in [6, 6.07) is 7.05. The van der Waals surface area contributed by atoms with E-state index in [0.717, 1.165) is 30.3 Å². The highest BCUT2D eigenvalue weighted by atomic mass is 35.5. The second kappa shape index (κ2) is 9.15. The van der Waals surface area contributed by atoms with Crippen molar-refractivity contribution in [2.75, 3.05) is 10.6 Å². The van der Waals surface area contributed by atoms with Gasteiger partial charge in [-0.25, -0.2) is 4.68 Å². The Hall–Kier alpha value is -3.12. The van der Waals surface area contributed by atoms with Crippen LogP contribution >= 0.6 is 23.2 Å². The Morgan fingerprint density at radius 2 is 1.71 bits per heavy atom. The van der Waals surface area contributed by atoms with Gasteiger partial charge in [-0.05, 0) is 42.0 Å². The second-order valence-electron chi connectivity index (χ2n) is 7.55. The molecule has 0 unspecified atom stereocenters. The molecule has 0 aliphatic carbocycles. The average Bonchev–Trinajstić information content (AvgIpc) is 3.19. The summed E-state index contributed by atoms with van der Waals surface area (Å²) in [5, 5.41) is 9.55. The van der Waals surface area contributed by atoms with Crippen molar-refractivity contribution in [3.8, 4) is 5.75 Å². The van der Waals surface area contributed by atoms with E-state index in [1.54, 1.807) is 6.07 Å². The molecule has 0 saturated carbocycles. The minimum Gasteiger partial charge on any atom is -0.406 e. The number of ether oxygens (including phenoxy) is 1. The number of amides is 1. The third-order valence-electron chi connectivity index (χ3n) is 5.11. The summed E-state index contributed by atoms with van der Waals surface area (Å²) in [7, 11) is 0. The molecule has 1 amide bonds. The number of alkyl halides is 6. The van der Waals surface area contributed by atoms with Gasteiger partial charge in [0.1, 0.15) is 11.6 Å². The standard InChI is InChI=1S/C21H14Cl2F6N4O2/c22-13-6-1-10(7-14(13)23)15-8-17(20(24,25)26)33-18(31-15)9-16(32-33)19(34)30-11-2-4-12(5-3-11)35-21(27,28)29/h1-7,9,15,17,31H,8H2,(H,30,34)/t15-,17+/m1/s1. The topological polar surface area (TPSA) is 68.2 Å². The highest BCUT2D eigenvalue weighted by Gasteiger charge is 2.47. The van der Waals surface area contributed by atoms with Crippen LogP contribution in [0.1, 0.15) is 34.6 Å². The van der Waals surface area contributed by atoms with Crippen molar-refractivity contribution in [3.63, 3.8) is 0 Å². The summed E-state index contributed by atoms with van der Waals surface area (Å²) in [6.45, 7) is 0. The van der Waals surface area contributed by atoms with E-state index >= 15 is 0 Å². The van der Waals surface area contributed by atoms with Crippen molar-refractivity contribution < 1.29 is 35.9 Å². The van der Waals surface area contributed by atoms with Crippen molar-refractivity contribution in [1.82, 2.24) is 9.78 Å². The number of carbonyl (C=O) groups is 1. The van der Waals surface area contributed by atoms with Gasteiger partial charge in [0.15, 0.2) is 11.7 Å². The zero-order chi connectivity index (χ0) is 25.5. The molecule has 2 heterocycles. The molecule has 0 fully saturated rings. The van der Waals surface area contributed by atoms with Gasteiger partial charge in [0, 0.05) is 18.2 Å². The van der Waals surface area contributed by atoms with E-state index in [9.17, 15) is 31.1 Å². The van der Waals surface area contributed by atoms with Crippen molar-refractivity contribution in [2.45, 2.75) is 31.0 Å². The van der Waals surface area contributed by atoms with Crippen LogP contribution in [0.5, 0.6) is 5.75 Å². The third-order valence-corrected chi connectivity index (χ3v) is 5.85. The quantitative estimate of drug-likeness (QED) is 0.351. The number of nitrogens with zero attached hydrogens (tertiary/aromatic N) is 2. The summed E-state index contributed by atoms with van der Waals surface area (Å²) >= 11 is 11.9. The first kappa shape index (κ1) is 25.0. The smallest absolute Gasteiger partial charge is 0.406 e. The van der Waals surface area contributed by atoms with Gasteiger partial charge < -0.3 is 15.4 Å². The minimum absolute atomic E-state index is 0.0475. The fourth-order valence-electron chi connectivity index (χ4n) is 3.57. The number of hydrogen-bond donors (Lipinski definition) is 2. The number of anilines is 2. The van der Waals surface area contributed by atoms with E-state index in [1.165, 1.54) is 12.1 Å². The molecule has 1 aromatic heterocycles. The molecule has 0 bridgehead atoms. The molecule has 0 radical (unpaired) electrons. The van der Waals surface area contributed by atoms with Crippen LogP contribution in [0.3, 0.4) is 0 Å². The lowest BCUT2D eigenvalue weighted by atomic mass is 9.97. The molecule has 2 N–H and O–H groups in total. The molecule has 186 valence electrons. The number of carbonyl (C=O) groups excluding carboxylic acids is 1. The van der Waals surface area contributed by atoms with Crippen molar-refractivity contribution in [1.29, 1.82) is 0 Å². The molecule has 0 saturated heterocycles. The molecule has 4 rings (SSSR count). The maximum absolute atomic E-state index is 13.8. The van der Waals surface area contributed by atoms with Crippen LogP contribution in [-0.2, 0) is 0 Å². The lowest BCUT2D eigenvalue weighted by Crippen LogP contribution is -2.35. The summed E-state index contributed by atoms with van der Waals surface area (Å²) in [6.07, 6.45) is -9.96. The maximum atomic E-state index is 13.8. The maximum Gasteiger partial charge on any atom is 0.573 e. The molecular weight excluding hydrogens is 525 g/mol. The largest absolute Gasteiger partial charge is 0.573 e. The van der Waals surface area contributed by atoms with Gasteiger partial charge in [0.25, 0.3) is 5.91 Å². The number of hydrogen-bond acceptors (Lipinski definition) is 4. The highest BCUT2D eigenvalue weighted by molar-refractivity contribution is 6.42. The molecule has 2 aromatic carbocycles. The molecule has 1 aliphatic heterocycles. The van der Waals surface area contributed by atoms with Crippen molar-refractivity contribution >= 4 is 40.6 Å². The molecule has 1 aliphatic rings. The molecule has 6 nitrogen and oxygen atoms in total. The first-order valence-corrected chi connectivity index (χ1v) is 10.6. The van der Waals surface area contributed by atoms with E-state index in [2.05, 4.69) is 20.5 Å². The number of halogens is 8. The fourth-order valence-corrected chi connectivity index (χ4v) is 3.87. The first-order valence-electron chi connectivity index (χ1n) is 9.85. The highest BCUT2D eigenvalue weighted by Crippen LogP contribution is 2.44. The minimum atomic E-state index is -4.88. The Bertz CT molecular complexity index is 1240. The van der Waals surface area contributed by atoms with Gasteiger partial charge >= 0.3 is 12.5 Å². The normalized spacial score (nSPS) is 17.9. The van der Waals surface area contributed by atoms with Gasteiger partial charge in [-0.1, -0.05) is 29.3 Å². The van der Waals surface area contributed by atoms with Gasteiger partial charge in [-0.2, -0.15) is 18.3 Å². The number of benzene rings is 2. The van der Waals surface area contributed by atoms with Crippen LogP contribution in [0.2, 0.25) is 10.0 Å². The molecule has 0 spiro atoms. The van der Waals surface area contributed by atoms with Crippen LogP contribution in [0.15, 0.2) is 48.5 Å². The van der Waals surface area contributed by atoms with Crippen molar-refractivity contribution in [2.24, 2.45) is 0 Å². The Morgan fingerprint density at radius 1 is 1.03 bits per heavy atom. The second-order valence-corrected chi connectivity index (χ2v) is 8.36. The Balaban J connectivity index is 1.56. The Kier molecular flexibility index (Phi) is 6.54. The van der Waals surface area contributed by atoms with E-state index in [0.29, 0.717) is 10.2 Å². The zero-order valence-electron chi connectivity index (χ0n) is 17.2. The van der Waals surface area contributed by atoms with Crippen LogP contribution < -0.4 is 15.4 Å². The zero-order valence-corrected chi connectivity index (χ0v) is 18.7. The third kappa shape index (κ3) is 5.76. The van der Waals surface area contributed by atoms with Crippen LogP contribution in [0.4, 0.5) is 37.8 Å². The van der Waals surface area contributed by atoms with Crippen LogP contribution in [-0.4, -0.2) is 28.2 Å². The lowest BCUT2D eigenvalue weighted by molar-refractivity contribution is -0.274. The number of aromatic nitrogens is 2. The van der Waals surface area contributed by atoms with Gasteiger partial charge in [0.2, 0.25) is 0 Å². The van der Waals surface area contributed by atoms with Crippen LogP contribution in [0, 0.1) is 0 Å². The number of fused-ring (bicyclic) bond motifs is 1. The number of nitrogens with one attached hydrogen (secondary N) is 2. The molecular formula is C21H14Cl2F6N4O2. The molecule has 14 heteroatoms. The van der Waals surface area contributed by atoms with Gasteiger partial charge in [0.05, 0.1) is 16.1 Å². The Labute approximate surface area is 203 Å². The average molecular weight is 539 g/mol.